The van der Waals surface area contributed by atoms with Crippen molar-refractivity contribution in [3.05, 3.63) is 23.8 Å². The summed E-state index contributed by atoms with van der Waals surface area (Å²) >= 11 is 0. The van der Waals surface area contributed by atoms with Crippen molar-refractivity contribution < 1.29 is 12.6 Å². The molecular weight excluding hydrogens is 322 g/mol. The lowest BCUT2D eigenvalue weighted by molar-refractivity contribution is 0.394. The van der Waals surface area contributed by atoms with E-state index in [0.29, 0.717) is 6.42 Å². The van der Waals surface area contributed by atoms with Crippen LogP contribution in [0.15, 0.2) is 23.1 Å². The van der Waals surface area contributed by atoms with E-state index in [-0.39, 0.29) is 22.4 Å². The molecule has 2 unspecified atom stereocenters. The number of nitrogens with zero attached hydrogens (tertiary/aromatic N) is 2. The number of aryl methyl sites for hydroxylation is 1. The minimum absolute atomic E-state index is 0.120. The molecule has 6 nitrogen and oxygen atoms in total. The molecule has 2 atom stereocenters. The van der Waals surface area contributed by atoms with Gasteiger partial charge in [0.25, 0.3) is 0 Å². The smallest absolute Gasteiger partial charge is 0.243 e. The molecule has 0 bridgehead atoms. The highest BCUT2D eigenvalue weighted by molar-refractivity contribution is 7.93. The molecule has 1 aliphatic heterocycles. The lowest BCUT2D eigenvalue weighted by Gasteiger charge is -2.24. The van der Waals surface area contributed by atoms with E-state index in [4.69, 9.17) is 4.78 Å². The highest BCUT2D eigenvalue weighted by Gasteiger charge is 2.35. The van der Waals surface area contributed by atoms with Gasteiger partial charge in [-0.15, -0.1) is 0 Å². The van der Waals surface area contributed by atoms with Crippen molar-refractivity contribution in [3.8, 4) is 0 Å². The average molecular weight is 345 g/mol. The quantitative estimate of drug-likeness (QED) is 0.896. The van der Waals surface area contributed by atoms with Gasteiger partial charge in [-0.1, -0.05) is 6.07 Å². The summed E-state index contributed by atoms with van der Waals surface area (Å²) in [6, 6.07) is 4.69. The molecule has 1 aromatic carbocycles. The van der Waals surface area contributed by atoms with Gasteiger partial charge in [0.15, 0.2) is 0 Å². The van der Waals surface area contributed by atoms with Gasteiger partial charge in [0.1, 0.15) is 0 Å². The fourth-order valence-corrected chi connectivity index (χ4v) is 6.02. The maximum Gasteiger partial charge on any atom is 0.243 e. The van der Waals surface area contributed by atoms with E-state index in [9.17, 15) is 12.6 Å². The van der Waals surface area contributed by atoms with Gasteiger partial charge in [-0.2, -0.15) is 4.31 Å². The second-order valence-electron chi connectivity index (χ2n) is 5.99. The Morgan fingerprint density at radius 3 is 2.41 bits per heavy atom. The molecule has 0 aliphatic carbocycles. The normalized spacial score (nSPS) is 25.6. The lowest BCUT2D eigenvalue weighted by atomic mass is 10.2. The van der Waals surface area contributed by atoms with Gasteiger partial charge in [0, 0.05) is 54.1 Å². The van der Waals surface area contributed by atoms with Crippen molar-refractivity contribution in [2.75, 3.05) is 37.5 Å². The van der Waals surface area contributed by atoms with Gasteiger partial charge in [0.05, 0.1) is 4.90 Å². The Labute approximate surface area is 133 Å². The van der Waals surface area contributed by atoms with E-state index in [1.807, 2.05) is 25.9 Å². The number of benzene rings is 1. The first-order chi connectivity index (χ1) is 10.0. The molecule has 1 N–H and O–H groups in total. The predicted molar refractivity (Wildman–Crippen MR) is 89.5 cm³/mol. The summed E-state index contributed by atoms with van der Waals surface area (Å²) in [6.45, 7) is 1.93. The minimum atomic E-state index is -3.65. The molecule has 1 fully saturated rings. The van der Waals surface area contributed by atoms with Crippen LogP contribution in [-0.2, 0) is 19.8 Å². The second-order valence-corrected chi connectivity index (χ2v) is 10.4. The summed E-state index contributed by atoms with van der Waals surface area (Å²) in [5, 5.41) is 0. The first-order valence-electron chi connectivity index (χ1n) is 7.05. The van der Waals surface area contributed by atoms with E-state index < -0.39 is 19.8 Å². The van der Waals surface area contributed by atoms with E-state index in [1.165, 1.54) is 11.4 Å². The van der Waals surface area contributed by atoms with E-state index in [1.54, 1.807) is 18.2 Å². The summed E-state index contributed by atoms with van der Waals surface area (Å²) in [6.07, 6.45) is 0.477. The lowest BCUT2D eigenvalue weighted by Crippen LogP contribution is -2.37. The van der Waals surface area contributed by atoms with Crippen LogP contribution >= 0.6 is 0 Å². The van der Waals surface area contributed by atoms with E-state index >= 15 is 0 Å². The predicted octanol–water partition coefficient (Wildman–Crippen LogP) is 1.50. The van der Waals surface area contributed by atoms with Gasteiger partial charge in [-0.25, -0.2) is 12.6 Å². The largest absolute Gasteiger partial charge is 0.377 e. The van der Waals surface area contributed by atoms with Crippen LogP contribution in [-0.4, -0.2) is 55.6 Å². The monoisotopic (exact) mass is 345 g/mol. The van der Waals surface area contributed by atoms with Crippen molar-refractivity contribution in [2.45, 2.75) is 24.3 Å². The maximum atomic E-state index is 12.8. The van der Waals surface area contributed by atoms with E-state index in [0.717, 1.165) is 11.3 Å². The van der Waals surface area contributed by atoms with Gasteiger partial charge in [0.2, 0.25) is 10.0 Å². The molecule has 2 rings (SSSR count). The fraction of sp³-hybridized carbons (Fsp3) is 0.571. The third kappa shape index (κ3) is 3.28. The van der Waals surface area contributed by atoms with Gasteiger partial charge in [-0.05, 0) is 31.0 Å². The Morgan fingerprint density at radius 2 is 1.91 bits per heavy atom. The maximum absolute atomic E-state index is 12.8. The number of rotatable bonds is 4. The van der Waals surface area contributed by atoms with Crippen molar-refractivity contribution in [1.82, 2.24) is 4.31 Å². The topological polar surface area (TPSA) is 81.5 Å². The molecule has 0 saturated carbocycles. The van der Waals surface area contributed by atoms with Crippen molar-refractivity contribution in [1.29, 1.82) is 4.78 Å². The minimum Gasteiger partial charge on any atom is -0.377 e. The summed E-state index contributed by atoms with van der Waals surface area (Å²) in [7, 11) is -1.02. The van der Waals surface area contributed by atoms with E-state index in [2.05, 4.69) is 0 Å². The van der Waals surface area contributed by atoms with Gasteiger partial charge in [-0.3, -0.25) is 4.78 Å². The Balaban J connectivity index is 2.36. The standard InChI is InChI=1S/C14H23N3O3S2/c1-11-5-6-13(9-14(11)16(2)3)22(19,20)17(4)12-7-8-21(15,18)10-12/h5-6,9,12,15H,7-8,10H2,1-4H3. The Bertz CT molecular complexity index is 771. The van der Waals surface area contributed by atoms with Gasteiger partial charge >= 0.3 is 0 Å². The number of sulfonamides is 1. The number of anilines is 1. The second kappa shape index (κ2) is 5.82. The SMILES string of the molecule is Cc1ccc(S(=O)(=O)N(C)C2CCS(=N)(=O)C2)cc1N(C)C. The van der Waals surface area contributed by atoms with Crippen LogP contribution in [0.25, 0.3) is 0 Å². The number of hydrogen-bond donors (Lipinski definition) is 1. The highest BCUT2D eigenvalue weighted by atomic mass is 32.2. The average Bonchev–Trinajstić information content (AvgIpc) is 2.78. The summed E-state index contributed by atoms with van der Waals surface area (Å²) in [4.78, 5) is 2.10. The Morgan fingerprint density at radius 1 is 1.27 bits per heavy atom. The van der Waals surface area contributed by atoms with Crippen molar-refractivity contribution >= 4 is 25.4 Å². The molecule has 8 heteroatoms. The molecule has 0 amide bonds. The van der Waals surface area contributed by atoms with Crippen LogP contribution in [0.3, 0.4) is 0 Å². The van der Waals surface area contributed by atoms with Gasteiger partial charge < -0.3 is 4.90 Å². The first-order valence-corrected chi connectivity index (χ1v) is 10.4. The molecule has 124 valence electrons. The van der Waals surface area contributed by atoms with Crippen LogP contribution in [0.1, 0.15) is 12.0 Å². The Kier molecular flexibility index (Phi) is 4.56. The van der Waals surface area contributed by atoms with Crippen LogP contribution in [0.2, 0.25) is 0 Å². The fourth-order valence-electron chi connectivity index (χ4n) is 2.68. The molecule has 0 radical (unpaired) electrons. The third-order valence-corrected chi connectivity index (χ3v) is 7.82. The number of nitrogens with one attached hydrogen (secondary N) is 1. The van der Waals surface area contributed by atoms with Crippen molar-refractivity contribution in [2.24, 2.45) is 0 Å². The molecular formula is C14H23N3O3S2. The first kappa shape index (κ1) is 17.2. The molecule has 1 aromatic rings. The summed E-state index contributed by atoms with van der Waals surface area (Å²) in [5.41, 5.74) is 1.85. The molecule has 1 aliphatic rings. The molecule has 22 heavy (non-hydrogen) atoms. The molecule has 0 aromatic heterocycles. The highest BCUT2D eigenvalue weighted by Crippen LogP contribution is 2.27. The summed E-state index contributed by atoms with van der Waals surface area (Å²) < 4.78 is 46.2. The summed E-state index contributed by atoms with van der Waals surface area (Å²) in [5.74, 6) is 0.392. The molecule has 1 heterocycles. The zero-order valence-electron chi connectivity index (χ0n) is 13.4. The number of hydrogen-bond acceptors (Lipinski definition) is 5. The zero-order chi connectivity index (χ0) is 16.7. The molecule has 0 spiro atoms. The van der Waals surface area contributed by atoms with Crippen LogP contribution in [0, 0.1) is 11.7 Å². The third-order valence-electron chi connectivity index (χ3n) is 4.10. The van der Waals surface area contributed by atoms with Crippen LogP contribution < -0.4 is 4.90 Å². The van der Waals surface area contributed by atoms with Crippen molar-refractivity contribution in [3.63, 3.8) is 0 Å². The van der Waals surface area contributed by atoms with Crippen LogP contribution in [0.4, 0.5) is 5.69 Å². The Hall–Kier alpha value is -1.12. The zero-order valence-corrected chi connectivity index (χ0v) is 15.0. The molecule has 1 saturated heterocycles. The van der Waals surface area contributed by atoms with Crippen LogP contribution in [0.5, 0.6) is 0 Å².